The Morgan fingerprint density at radius 2 is 1.26 bits per heavy atom. The molecule has 0 saturated carbocycles. The summed E-state index contributed by atoms with van der Waals surface area (Å²) in [4.78, 5) is 13.6. The lowest BCUT2D eigenvalue weighted by Gasteiger charge is -2.21. The summed E-state index contributed by atoms with van der Waals surface area (Å²) in [6.45, 7) is 2.05. The van der Waals surface area contributed by atoms with Gasteiger partial charge in [-0.3, -0.25) is 4.79 Å². The minimum Gasteiger partial charge on any atom is -0.507 e. The van der Waals surface area contributed by atoms with Crippen molar-refractivity contribution in [3.63, 3.8) is 0 Å². The maximum atomic E-state index is 13.6. The maximum absolute atomic E-state index is 13.6. The second-order valence-corrected chi connectivity index (χ2v) is 10.0. The highest BCUT2D eigenvalue weighted by Crippen LogP contribution is 2.42. The van der Waals surface area contributed by atoms with E-state index in [0.717, 1.165) is 61.2 Å². The zero-order chi connectivity index (χ0) is 30.5. The zero-order valence-electron chi connectivity index (χ0n) is 22.7. The van der Waals surface area contributed by atoms with Crippen LogP contribution in [-0.4, -0.2) is 11.0 Å². The molecule has 0 aromatic heterocycles. The molecule has 4 aromatic rings. The molecule has 42 heavy (non-hydrogen) atoms. The van der Waals surface area contributed by atoms with Gasteiger partial charge in [-0.05, 0) is 59.5 Å². The number of unbranched alkanes of at least 4 members (excludes halogenated alkanes) is 2. The first-order valence-electron chi connectivity index (χ1n) is 13.5. The lowest BCUT2D eigenvalue weighted by atomic mass is 9.92. The number of benzene rings is 4. The third-order valence-electron chi connectivity index (χ3n) is 6.98. The SMILES string of the molecule is CCCCCC(NC(=O)c1cc(-c2cccc(C(F)(F)F)c2)c(O)c(-c2cccc(C(F)(F)F)c2)c1)c1ccccc1. The van der Waals surface area contributed by atoms with Gasteiger partial charge in [-0.1, -0.05) is 80.8 Å². The van der Waals surface area contributed by atoms with Crippen LogP contribution in [0.4, 0.5) is 26.3 Å². The Kier molecular flexibility index (Phi) is 9.29. The maximum Gasteiger partial charge on any atom is 0.416 e. The van der Waals surface area contributed by atoms with Crippen molar-refractivity contribution in [2.24, 2.45) is 0 Å². The molecule has 220 valence electrons. The second-order valence-electron chi connectivity index (χ2n) is 10.0. The number of hydrogen-bond donors (Lipinski definition) is 2. The number of amides is 1. The van der Waals surface area contributed by atoms with Crippen LogP contribution < -0.4 is 5.32 Å². The van der Waals surface area contributed by atoms with Gasteiger partial charge >= 0.3 is 12.4 Å². The summed E-state index contributed by atoms with van der Waals surface area (Å²) in [5, 5.41) is 14.2. The van der Waals surface area contributed by atoms with Crippen molar-refractivity contribution in [1.82, 2.24) is 5.32 Å². The van der Waals surface area contributed by atoms with Crippen LogP contribution in [0.2, 0.25) is 0 Å². The van der Waals surface area contributed by atoms with E-state index in [9.17, 15) is 36.2 Å². The first kappa shape index (κ1) is 30.7. The summed E-state index contributed by atoms with van der Waals surface area (Å²) in [6, 6.07) is 19.8. The molecule has 0 saturated heterocycles. The molecule has 1 amide bonds. The van der Waals surface area contributed by atoms with E-state index in [1.165, 1.54) is 24.3 Å². The molecule has 4 rings (SSSR count). The number of aromatic hydroxyl groups is 1. The van der Waals surface area contributed by atoms with Gasteiger partial charge in [0, 0.05) is 16.7 Å². The molecule has 9 heteroatoms. The number of rotatable bonds is 9. The smallest absolute Gasteiger partial charge is 0.416 e. The minimum absolute atomic E-state index is 0.0240. The van der Waals surface area contributed by atoms with E-state index in [2.05, 4.69) is 12.2 Å². The predicted octanol–water partition coefficient (Wildman–Crippen LogP) is 9.82. The monoisotopic (exact) mass is 585 g/mol. The third kappa shape index (κ3) is 7.32. The number of nitrogens with one attached hydrogen (secondary N) is 1. The van der Waals surface area contributed by atoms with Crippen LogP contribution in [-0.2, 0) is 12.4 Å². The normalized spacial score (nSPS) is 12.6. The molecule has 2 N–H and O–H groups in total. The van der Waals surface area contributed by atoms with E-state index >= 15 is 0 Å². The van der Waals surface area contributed by atoms with Gasteiger partial charge in [0.15, 0.2) is 0 Å². The number of carbonyl (C=O) groups is 1. The molecule has 0 spiro atoms. The number of halogens is 6. The van der Waals surface area contributed by atoms with Crippen LogP contribution in [0.5, 0.6) is 5.75 Å². The fourth-order valence-electron chi connectivity index (χ4n) is 4.78. The lowest BCUT2D eigenvalue weighted by Crippen LogP contribution is -2.28. The number of phenols is 1. The zero-order valence-corrected chi connectivity index (χ0v) is 22.7. The predicted molar refractivity (Wildman–Crippen MR) is 150 cm³/mol. The van der Waals surface area contributed by atoms with E-state index in [0.29, 0.717) is 6.42 Å². The summed E-state index contributed by atoms with van der Waals surface area (Å²) in [5.41, 5.74) is -1.46. The van der Waals surface area contributed by atoms with Crippen molar-refractivity contribution >= 4 is 5.91 Å². The highest BCUT2D eigenvalue weighted by atomic mass is 19.4. The van der Waals surface area contributed by atoms with Gasteiger partial charge in [-0.2, -0.15) is 26.3 Å². The van der Waals surface area contributed by atoms with Gasteiger partial charge in [0.25, 0.3) is 5.91 Å². The van der Waals surface area contributed by atoms with E-state index in [1.54, 1.807) is 0 Å². The fraction of sp³-hybridized carbons (Fsp3) is 0.242. The molecule has 0 bridgehead atoms. The summed E-state index contributed by atoms with van der Waals surface area (Å²) in [5.74, 6) is -1.13. The molecule has 3 nitrogen and oxygen atoms in total. The molecular weight excluding hydrogens is 556 g/mol. The van der Waals surface area contributed by atoms with Crippen LogP contribution >= 0.6 is 0 Å². The highest BCUT2D eigenvalue weighted by Gasteiger charge is 2.32. The fourth-order valence-corrected chi connectivity index (χ4v) is 4.78. The largest absolute Gasteiger partial charge is 0.507 e. The Bertz CT molecular complexity index is 1450. The molecular formula is C33H29F6NO2. The molecule has 0 aliphatic carbocycles. The van der Waals surface area contributed by atoms with Crippen molar-refractivity contribution in [3.05, 3.63) is 113 Å². The number of alkyl halides is 6. The van der Waals surface area contributed by atoms with Crippen molar-refractivity contribution in [2.45, 2.75) is 51.0 Å². The van der Waals surface area contributed by atoms with Gasteiger partial charge in [-0.15, -0.1) is 0 Å². The lowest BCUT2D eigenvalue weighted by molar-refractivity contribution is -0.138. The van der Waals surface area contributed by atoms with E-state index in [-0.39, 0.29) is 33.9 Å². The van der Waals surface area contributed by atoms with Crippen molar-refractivity contribution < 1.29 is 36.2 Å². The molecule has 0 aliphatic rings. The molecule has 4 aromatic carbocycles. The van der Waals surface area contributed by atoms with Crippen molar-refractivity contribution in [3.8, 4) is 28.0 Å². The summed E-state index contributed by atoms with van der Waals surface area (Å²) < 4.78 is 80.9. The minimum atomic E-state index is -4.67. The number of hydrogen-bond acceptors (Lipinski definition) is 2. The second kappa shape index (κ2) is 12.7. The van der Waals surface area contributed by atoms with Crippen LogP contribution in [0, 0.1) is 0 Å². The van der Waals surface area contributed by atoms with E-state index in [1.807, 2.05) is 30.3 Å². The van der Waals surface area contributed by atoms with Crippen LogP contribution in [0.3, 0.4) is 0 Å². The van der Waals surface area contributed by atoms with Crippen molar-refractivity contribution in [2.75, 3.05) is 0 Å². The number of carbonyl (C=O) groups excluding carboxylic acids is 1. The molecule has 0 fully saturated rings. The van der Waals surface area contributed by atoms with Gasteiger partial charge in [-0.25, -0.2) is 0 Å². The van der Waals surface area contributed by atoms with Crippen LogP contribution in [0.25, 0.3) is 22.3 Å². The molecule has 1 atom stereocenters. The average Bonchev–Trinajstić information content (AvgIpc) is 2.96. The van der Waals surface area contributed by atoms with E-state index in [4.69, 9.17) is 0 Å². The van der Waals surface area contributed by atoms with Gasteiger partial charge in [0.1, 0.15) is 5.75 Å². The summed E-state index contributed by atoms with van der Waals surface area (Å²) in [6.07, 6.45) is -5.98. The van der Waals surface area contributed by atoms with Crippen molar-refractivity contribution in [1.29, 1.82) is 0 Å². The summed E-state index contributed by atoms with van der Waals surface area (Å²) in [7, 11) is 0. The molecule has 0 heterocycles. The van der Waals surface area contributed by atoms with Gasteiger partial charge in [0.05, 0.1) is 17.2 Å². The molecule has 1 unspecified atom stereocenters. The Labute approximate surface area is 239 Å². The first-order valence-corrected chi connectivity index (χ1v) is 13.5. The molecule has 0 radical (unpaired) electrons. The Hall–Kier alpha value is -4.27. The molecule has 0 aliphatic heterocycles. The quantitative estimate of drug-likeness (QED) is 0.152. The van der Waals surface area contributed by atoms with Gasteiger partial charge < -0.3 is 10.4 Å². The van der Waals surface area contributed by atoms with E-state index < -0.39 is 35.1 Å². The van der Waals surface area contributed by atoms with Crippen LogP contribution in [0.15, 0.2) is 91.0 Å². The Morgan fingerprint density at radius 1 is 0.738 bits per heavy atom. The van der Waals surface area contributed by atoms with Crippen LogP contribution in [0.1, 0.15) is 65.7 Å². The number of phenolic OH excluding ortho intramolecular Hbond substituents is 1. The van der Waals surface area contributed by atoms with Gasteiger partial charge in [0.2, 0.25) is 0 Å². The highest BCUT2D eigenvalue weighted by molar-refractivity contribution is 5.99. The standard InChI is InChI=1S/C33H29F6NO2/c1-2-3-5-16-29(21-10-6-4-7-11-21)40-31(42)24-19-27(22-12-8-14-25(17-22)32(34,35)36)30(41)28(20-24)23-13-9-15-26(18-23)33(37,38)39/h4,6-15,17-20,29,41H,2-3,5,16H2,1H3,(H,40,42). The first-order chi connectivity index (χ1) is 19.9. The topological polar surface area (TPSA) is 49.3 Å². The Morgan fingerprint density at radius 3 is 1.74 bits per heavy atom. The Balaban J connectivity index is 1.84. The third-order valence-corrected chi connectivity index (χ3v) is 6.98. The average molecular weight is 586 g/mol. The summed E-state index contributed by atoms with van der Waals surface area (Å²) >= 11 is 0.